The van der Waals surface area contributed by atoms with E-state index in [2.05, 4.69) is 12.1 Å². The molecule has 134 valence electrons. The number of carbonyl (C=O) groups is 2. The van der Waals surface area contributed by atoms with E-state index in [0.29, 0.717) is 0 Å². The van der Waals surface area contributed by atoms with Crippen LogP contribution in [0.1, 0.15) is 60.6 Å². The molecule has 0 aromatic heterocycles. The van der Waals surface area contributed by atoms with E-state index in [9.17, 15) is 9.59 Å². The third kappa shape index (κ3) is 2.90. The van der Waals surface area contributed by atoms with Gasteiger partial charge in [0.15, 0.2) is 0 Å². The maximum atomic E-state index is 11.7. The quantitative estimate of drug-likeness (QED) is 0.777. The first-order valence-electron chi connectivity index (χ1n) is 9.05. The van der Waals surface area contributed by atoms with Gasteiger partial charge in [0.25, 0.3) is 0 Å². The van der Waals surface area contributed by atoms with E-state index in [1.807, 2.05) is 36.4 Å². The van der Waals surface area contributed by atoms with Gasteiger partial charge in [-0.2, -0.15) is 0 Å². The molecule has 2 aliphatic rings. The fraction of sp³-hybridized carbons (Fsp3) is 0.364. The summed E-state index contributed by atoms with van der Waals surface area (Å²) in [4.78, 5) is 23.3. The number of ether oxygens (including phenoxy) is 2. The highest BCUT2D eigenvalue weighted by Gasteiger charge is 2.45. The van der Waals surface area contributed by atoms with Crippen molar-refractivity contribution in [2.75, 3.05) is 0 Å². The summed E-state index contributed by atoms with van der Waals surface area (Å²) in [5.74, 6) is -0.193. The van der Waals surface area contributed by atoms with Crippen LogP contribution in [0.15, 0.2) is 48.5 Å². The van der Waals surface area contributed by atoms with Crippen molar-refractivity contribution in [1.82, 2.24) is 0 Å². The topological polar surface area (TPSA) is 52.6 Å². The van der Waals surface area contributed by atoms with Crippen LogP contribution in [0.4, 0.5) is 0 Å². The first-order valence-corrected chi connectivity index (χ1v) is 9.05. The molecule has 2 aliphatic carbocycles. The number of carbonyl (C=O) groups excluding carboxylic acids is 2. The largest absolute Gasteiger partial charge is 0.458 e. The summed E-state index contributed by atoms with van der Waals surface area (Å²) in [7, 11) is 0. The van der Waals surface area contributed by atoms with Crippen LogP contribution in [-0.4, -0.2) is 11.9 Å². The van der Waals surface area contributed by atoms with Gasteiger partial charge in [0.1, 0.15) is 12.2 Å². The van der Waals surface area contributed by atoms with Gasteiger partial charge in [-0.1, -0.05) is 48.5 Å². The summed E-state index contributed by atoms with van der Waals surface area (Å²) in [6.45, 7) is 2.91. The molecule has 0 N–H and O–H groups in total. The predicted molar refractivity (Wildman–Crippen MR) is 96.5 cm³/mol. The van der Waals surface area contributed by atoms with Crippen LogP contribution in [0.3, 0.4) is 0 Å². The van der Waals surface area contributed by atoms with Crippen molar-refractivity contribution in [3.63, 3.8) is 0 Å². The lowest BCUT2D eigenvalue weighted by atomic mass is 9.83. The van der Waals surface area contributed by atoms with E-state index < -0.39 is 0 Å². The zero-order valence-corrected chi connectivity index (χ0v) is 15.0. The van der Waals surface area contributed by atoms with Crippen LogP contribution in [0.5, 0.6) is 0 Å². The zero-order valence-electron chi connectivity index (χ0n) is 15.0. The Morgan fingerprint density at radius 2 is 1.46 bits per heavy atom. The second-order valence-electron chi connectivity index (χ2n) is 7.17. The van der Waals surface area contributed by atoms with Crippen LogP contribution in [0.2, 0.25) is 0 Å². The molecule has 0 saturated carbocycles. The second kappa shape index (κ2) is 6.60. The molecule has 0 heterocycles. The van der Waals surface area contributed by atoms with Gasteiger partial charge in [-0.25, -0.2) is 0 Å². The molecule has 26 heavy (non-hydrogen) atoms. The van der Waals surface area contributed by atoms with Gasteiger partial charge in [0.2, 0.25) is 0 Å². The first-order chi connectivity index (χ1) is 12.5. The minimum absolute atomic E-state index is 0.151. The van der Waals surface area contributed by atoms with Crippen molar-refractivity contribution >= 4 is 11.9 Å². The van der Waals surface area contributed by atoms with Gasteiger partial charge >= 0.3 is 11.9 Å². The van der Waals surface area contributed by atoms with Gasteiger partial charge in [-0.05, 0) is 41.0 Å². The Morgan fingerprint density at radius 3 is 2.15 bits per heavy atom. The maximum Gasteiger partial charge on any atom is 0.303 e. The summed E-state index contributed by atoms with van der Waals surface area (Å²) in [6.07, 6.45) is 1.11. The average molecular weight is 350 g/mol. The molecule has 0 bridgehead atoms. The fourth-order valence-electron chi connectivity index (χ4n) is 4.62. The molecule has 4 unspecified atom stereocenters. The van der Waals surface area contributed by atoms with Crippen LogP contribution < -0.4 is 0 Å². The van der Waals surface area contributed by atoms with Crippen molar-refractivity contribution in [3.05, 3.63) is 70.8 Å². The molecule has 2 aromatic rings. The highest BCUT2D eigenvalue weighted by molar-refractivity contribution is 5.67. The maximum absolute atomic E-state index is 11.7. The summed E-state index contributed by atoms with van der Waals surface area (Å²) >= 11 is 0. The van der Waals surface area contributed by atoms with Crippen LogP contribution in [0, 0.1) is 5.92 Å². The third-order valence-electron chi connectivity index (χ3n) is 5.53. The highest BCUT2D eigenvalue weighted by Crippen LogP contribution is 2.53. The average Bonchev–Trinajstić information content (AvgIpc) is 3.13. The van der Waals surface area contributed by atoms with E-state index in [4.69, 9.17) is 9.47 Å². The molecule has 2 aromatic carbocycles. The molecule has 0 amide bonds. The van der Waals surface area contributed by atoms with Crippen LogP contribution in [0.25, 0.3) is 0 Å². The Bertz CT molecular complexity index is 857. The Hall–Kier alpha value is -2.62. The molecular weight excluding hydrogens is 328 g/mol. The Morgan fingerprint density at radius 1 is 0.846 bits per heavy atom. The summed E-state index contributed by atoms with van der Waals surface area (Å²) in [5.41, 5.74) is 4.61. The van der Waals surface area contributed by atoms with Gasteiger partial charge in [0.05, 0.1) is 0 Å². The molecule has 4 heteroatoms. The molecule has 0 saturated heterocycles. The Kier molecular flexibility index (Phi) is 4.27. The third-order valence-corrected chi connectivity index (χ3v) is 5.53. The monoisotopic (exact) mass is 350 g/mol. The van der Waals surface area contributed by atoms with Crippen molar-refractivity contribution in [1.29, 1.82) is 0 Å². The molecule has 4 nitrogen and oxygen atoms in total. The molecule has 4 rings (SSSR count). The lowest BCUT2D eigenvalue weighted by Gasteiger charge is -2.26. The van der Waals surface area contributed by atoms with Crippen molar-refractivity contribution in [3.8, 4) is 0 Å². The van der Waals surface area contributed by atoms with Gasteiger partial charge in [0, 0.05) is 19.8 Å². The number of hydrogen-bond acceptors (Lipinski definition) is 4. The van der Waals surface area contributed by atoms with E-state index in [-0.39, 0.29) is 36.0 Å². The summed E-state index contributed by atoms with van der Waals surface area (Å²) < 4.78 is 11.3. The molecular formula is C22H22O4. The SMILES string of the molecule is CC(=O)OC1CC(C2Cc3ccccc3C2OC(C)=O)c2ccccc21. The summed E-state index contributed by atoms with van der Waals surface area (Å²) in [6, 6.07) is 16.3. The van der Waals surface area contributed by atoms with Crippen molar-refractivity contribution in [2.45, 2.75) is 44.8 Å². The standard InChI is InChI=1S/C22H22O4/c1-13(23)25-21-12-19(17-9-5-6-10-18(17)21)20-11-15-7-3-4-8-16(15)22(20)26-14(2)24/h3-10,19-22H,11-12H2,1-2H3. The number of rotatable bonds is 3. The number of benzene rings is 2. The van der Waals surface area contributed by atoms with E-state index in [1.165, 1.54) is 25.0 Å². The zero-order chi connectivity index (χ0) is 18.3. The van der Waals surface area contributed by atoms with E-state index in [0.717, 1.165) is 24.0 Å². The van der Waals surface area contributed by atoms with Crippen molar-refractivity contribution < 1.29 is 19.1 Å². The Labute approximate surface area is 153 Å². The Balaban J connectivity index is 1.70. The number of fused-ring (bicyclic) bond motifs is 2. The van der Waals surface area contributed by atoms with Crippen LogP contribution >= 0.6 is 0 Å². The number of esters is 2. The molecule has 0 spiro atoms. The molecule has 0 aliphatic heterocycles. The summed E-state index contributed by atoms with van der Waals surface area (Å²) in [5, 5.41) is 0. The van der Waals surface area contributed by atoms with Gasteiger partial charge in [-0.15, -0.1) is 0 Å². The number of hydrogen-bond donors (Lipinski definition) is 0. The molecule has 4 atom stereocenters. The highest BCUT2D eigenvalue weighted by atomic mass is 16.5. The minimum Gasteiger partial charge on any atom is -0.458 e. The first kappa shape index (κ1) is 16.8. The normalized spacial score (nSPS) is 26.1. The minimum atomic E-state index is -0.267. The van der Waals surface area contributed by atoms with E-state index in [1.54, 1.807) is 0 Å². The van der Waals surface area contributed by atoms with Gasteiger partial charge < -0.3 is 9.47 Å². The molecule has 0 radical (unpaired) electrons. The van der Waals surface area contributed by atoms with Crippen LogP contribution in [-0.2, 0) is 25.5 Å². The second-order valence-corrected chi connectivity index (χ2v) is 7.17. The lowest BCUT2D eigenvalue weighted by Crippen LogP contribution is -2.20. The smallest absolute Gasteiger partial charge is 0.303 e. The molecule has 0 fully saturated rings. The van der Waals surface area contributed by atoms with E-state index >= 15 is 0 Å². The lowest BCUT2D eigenvalue weighted by molar-refractivity contribution is -0.149. The van der Waals surface area contributed by atoms with Crippen molar-refractivity contribution in [2.24, 2.45) is 5.92 Å². The predicted octanol–water partition coefficient (Wildman–Crippen LogP) is 4.25. The van der Waals surface area contributed by atoms with Gasteiger partial charge in [-0.3, -0.25) is 9.59 Å². The fourth-order valence-corrected chi connectivity index (χ4v) is 4.62.